The Labute approximate surface area is 182 Å². The molecule has 0 radical (unpaired) electrons. The van der Waals surface area contributed by atoms with Gasteiger partial charge in [0.2, 0.25) is 0 Å². The standard InChI is InChI=1S/C22H22ClNO4S2/c23-16-7-4-6-15(12-16)13-19(24)18-10-5-11-20-22(18)21(14-29(20,25)26)30(27,28)17-8-2-1-3-9-17/h1-12,19,21,25-26H,13-14,24H2. The topological polar surface area (TPSA) is 101 Å². The third-order valence-corrected chi connectivity index (χ3v) is 9.73. The summed E-state index contributed by atoms with van der Waals surface area (Å²) in [6.45, 7) is 0. The van der Waals surface area contributed by atoms with Crippen LogP contribution in [0.1, 0.15) is 28.0 Å². The summed E-state index contributed by atoms with van der Waals surface area (Å²) in [7, 11) is -7.07. The number of benzene rings is 3. The normalized spacial score (nSPS) is 19.8. The number of nitrogens with two attached hydrogens (primary N) is 1. The molecule has 0 bridgehead atoms. The van der Waals surface area contributed by atoms with Crippen molar-refractivity contribution in [3.05, 3.63) is 94.5 Å². The van der Waals surface area contributed by atoms with Gasteiger partial charge in [0.25, 0.3) is 0 Å². The van der Waals surface area contributed by atoms with E-state index in [4.69, 9.17) is 17.3 Å². The van der Waals surface area contributed by atoms with Crippen LogP contribution in [-0.2, 0) is 16.3 Å². The van der Waals surface area contributed by atoms with Crippen molar-refractivity contribution in [1.82, 2.24) is 0 Å². The van der Waals surface area contributed by atoms with Crippen LogP contribution in [0.25, 0.3) is 0 Å². The molecule has 0 saturated carbocycles. The zero-order valence-electron chi connectivity index (χ0n) is 16.0. The molecular weight excluding hydrogens is 442 g/mol. The van der Waals surface area contributed by atoms with E-state index in [0.717, 1.165) is 5.56 Å². The van der Waals surface area contributed by atoms with Crippen LogP contribution < -0.4 is 5.73 Å². The van der Waals surface area contributed by atoms with Gasteiger partial charge in [-0.2, -0.15) is 10.6 Å². The molecule has 3 aromatic rings. The first-order valence-electron chi connectivity index (χ1n) is 9.38. The molecule has 1 aliphatic rings. The van der Waals surface area contributed by atoms with Crippen molar-refractivity contribution in [2.45, 2.75) is 27.5 Å². The van der Waals surface area contributed by atoms with Gasteiger partial charge in [-0.3, -0.25) is 9.11 Å². The van der Waals surface area contributed by atoms with Crippen LogP contribution in [0, 0.1) is 0 Å². The van der Waals surface area contributed by atoms with Crippen molar-refractivity contribution in [3.63, 3.8) is 0 Å². The lowest BCUT2D eigenvalue weighted by Gasteiger charge is -2.27. The Balaban J connectivity index is 1.80. The third-order valence-electron chi connectivity index (χ3n) is 5.35. The van der Waals surface area contributed by atoms with Crippen molar-refractivity contribution < 1.29 is 17.5 Å². The average Bonchev–Trinajstić information content (AvgIpc) is 3.00. The van der Waals surface area contributed by atoms with Crippen molar-refractivity contribution in [3.8, 4) is 0 Å². The van der Waals surface area contributed by atoms with Crippen LogP contribution >= 0.6 is 22.2 Å². The highest BCUT2D eigenvalue weighted by Gasteiger charge is 2.44. The molecule has 2 unspecified atom stereocenters. The van der Waals surface area contributed by atoms with Gasteiger partial charge in [-0.1, -0.05) is 54.1 Å². The molecule has 158 valence electrons. The van der Waals surface area contributed by atoms with Gasteiger partial charge < -0.3 is 5.73 Å². The Hall–Kier alpha value is -1.87. The predicted octanol–water partition coefficient (Wildman–Crippen LogP) is 5.22. The molecule has 30 heavy (non-hydrogen) atoms. The SMILES string of the molecule is NC(Cc1cccc(Cl)c1)c1cccc2c1C(S(=O)(=O)c1ccccc1)CS2(O)O. The minimum atomic E-state index is -3.83. The molecule has 2 atom stereocenters. The molecule has 8 heteroatoms. The second kappa shape index (κ2) is 8.00. The second-order valence-corrected chi connectivity index (χ2v) is 12.1. The van der Waals surface area contributed by atoms with E-state index in [9.17, 15) is 17.5 Å². The Bertz CT molecular complexity index is 1180. The molecule has 1 aliphatic heterocycles. The first-order chi connectivity index (χ1) is 14.2. The van der Waals surface area contributed by atoms with Crippen molar-refractivity contribution in [1.29, 1.82) is 0 Å². The zero-order chi connectivity index (χ0) is 21.5. The largest absolute Gasteiger partial charge is 0.324 e. The fourth-order valence-corrected chi connectivity index (χ4v) is 8.63. The van der Waals surface area contributed by atoms with Crippen LogP contribution in [0.3, 0.4) is 0 Å². The highest BCUT2D eigenvalue weighted by atomic mass is 35.5. The minimum Gasteiger partial charge on any atom is -0.324 e. The molecule has 4 N–H and O–H groups in total. The number of sulfone groups is 1. The Morgan fingerprint density at radius 3 is 2.43 bits per heavy atom. The predicted molar refractivity (Wildman–Crippen MR) is 121 cm³/mol. The summed E-state index contributed by atoms with van der Waals surface area (Å²) < 4.78 is 48.1. The molecule has 0 spiro atoms. The lowest BCUT2D eigenvalue weighted by atomic mass is 9.94. The number of rotatable bonds is 5. The van der Waals surface area contributed by atoms with Crippen LogP contribution in [0.5, 0.6) is 0 Å². The van der Waals surface area contributed by atoms with Gasteiger partial charge in [0, 0.05) is 11.1 Å². The van der Waals surface area contributed by atoms with E-state index in [1.165, 1.54) is 12.1 Å². The van der Waals surface area contributed by atoms with Crippen LogP contribution in [-0.4, -0.2) is 23.3 Å². The maximum absolute atomic E-state index is 13.4. The number of halogens is 1. The average molecular weight is 464 g/mol. The maximum atomic E-state index is 13.4. The van der Waals surface area contributed by atoms with E-state index in [1.807, 2.05) is 18.2 Å². The van der Waals surface area contributed by atoms with Crippen molar-refractivity contribution >= 4 is 32.0 Å². The van der Waals surface area contributed by atoms with Gasteiger partial charge in [-0.15, -0.1) is 0 Å². The lowest BCUT2D eigenvalue weighted by molar-refractivity contribution is 0.491. The highest BCUT2D eigenvalue weighted by molar-refractivity contribution is 8.25. The van der Waals surface area contributed by atoms with Gasteiger partial charge in [0.1, 0.15) is 5.25 Å². The van der Waals surface area contributed by atoms with Crippen LogP contribution in [0.2, 0.25) is 5.02 Å². The summed E-state index contributed by atoms with van der Waals surface area (Å²) in [5.41, 5.74) is 8.43. The molecule has 4 rings (SSSR count). The van der Waals surface area contributed by atoms with E-state index in [2.05, 4.69) is 0 Å². The van der Waals surface area contributed by atoms with Gasteiger partial charge in [0.15, 0.2) is 9.84 Å². The van der Waals surface area contributed by atoms with Crippen molar-refractivity contribution in [2.75, 3.05) is 5.75 Å². The first-order valence-corrected chi connectivity index (χ1v) is 13.0. The summed E-state index contributed by atoms with van der Waals surface area (Å²) in [4.78, 5) is 0.419. The van der Waals surface area contributed by atoms with E-state index in [0.29, 0.717) is 22.6 Å². The van der Waals surface area contributed by atoms with E-state index in [-0.39, 0.29) is 15.5 Å². The number of hydrogen-bond donors (Lipinski definition) is 3. The Morgan fingerprint density at radius 2 is 1.73 bits per heavy atom. The van der Waals surface area contributed by atoms with Gasteiger partial charge in [0.05, 0.1) is 15.5 Å². The molecule has 0 aliphatic carbocycles. The molecule has 0 saturated heterocycles. The smallest absolute Gasteiger partial charge is 0.187 e. The Morgan fingerprint density at radius 1 is 1.03 bits per heavy atom. The fraction of sp³-hybridized carbons (Fsp3) is 0.182. The summed E-state index contributed by atoms with van der Waals surface area (Å²) in [6.07, 6.45) is 0.439. The third kappa shape index (κ3) is 3.89. The molecule has 0 aromatic heterocycles. The van der Waals surface area contributed by atoms with Gasteiger partial charge in [-0.25, -0.2) is 8.42 Å². The summed E-state index contributed by atoms with van der Waals surface area (Å²) in [5, 5.41) is -0.474. The fourth-order valence-electron chi connectivity index (χ4n) is 3.95. The Kier molecular flexibility index (Phi) is 5.69. The van der Waals surface area contributed by atoms with E-state index < -0.39 is 31.7 Å². The second-order valence-electron chi connectivity index (χ2n) is 7.38. The molecular formula is C22H22ClNO4S2. The molecule has 1 heterocycles. The molecule has 3 aromatic carbocycles. The maximum Gasteiger partial charge on any atom is 0.187 e. The van der Waals surface area contributed by atoms with Crippen LogP contribution in [0.4, 0.5) is 0 Å². The summed E-state index contributed by atoms with van der Waals surface area (Å²) in [5.74, 6) is -0.263. The molecule has 5 nitrogen and oxygen atoms in total. The summed E-state index contributed by atoms with van der Waals surface area (Å²) in [6, 6.07) is 19.9. The first kappa shape index (κ1) is 21.4. The van der Waals surface area contributed by atoms with Gasteiger partial charge in [-0.05, 0) is 53.4 Å². The quantitative estimate of drug-likeness (QED) is 0.481. The van der Waals surface area contributed by atoms with E-state index >= 15 is 0 Å². The molecule has 0 fully saturated rings. The molecule has 0 amide bonds. The number of fused-ring (bicyclic) bond motifs is 1. The number of hydrogen-bond acceptors (Lipinski definition) is 5. The van der Waals surface area contributed by atoms with Gasteiger partial charge >= 0.3 is 0 Å². The van der Waals surface area contributed by atoms with Crippen molar-refractivity contribution in [2.24, 2.45) is 5.73 Å². The monoisotopic (exact) mass is 463 g/mol. The zero-order valence-corrected chi connectivity index (χ0v) is 18.4. The van der Waals surface area contributed by atoms with E-state index in [1.54, 1.807) is 42.5 Å². The minimum absolute atomic E-state index is 0.149. The van der Waals surface area contributed by atoms with Crippen LogP contribution in [0.15, 0.2) is 82.6 Å². The lowest BCUT2D eigenvalue weighted by Crippen LogP contribution is -2.20. The highest BCUT2D eigenvalue weighted by Crippen LogP contribution is 2.62. The summed E-state index contributed by atoms with van der Waals surface area (Å²) >= 11 is 6.07.